The van der Waals surface area contributed by atoms with Crippen LogP contribution in [0.1, 0.15) is 57.6 Å². The van der Waals surface area contributed by atoms with Gasteiger partial charge in [0.15, 0.2) is 0 Å². The first-order chi connectivity index (χ1) is 9.20. The molecule has 0 amide bonds. The number of methoxy groups -OCH3 is 1. The molecule has 0 radical (unpaired) electrons. The molecule has 1 aliphatic rings. The minimum atomic E-state index is 0.382. The molecule has 0 heterocycles. The maximum absolute atomic E-state index is 5.30. The van der Waals surface area contributed by atoms with Crippen LogP contribution in [0.25, 0.3) is 0 Å². The fourth-order valence-corrected chi connectivity index (χ4v) is 3.17. The molecule has 19 heavy (non-hydrogen) atoms. The lowest BCUT2D eigenvalue weighted by atomic mass is 9.84. The Morgan fingerprint density at radius 1 is 1.16 bits per heavy atom. The zero-order valence-corrected chi connectivity index (χ0v) is 12.5. The van der Waals surface area contributed by atoms with Crippen LogP contribution in [0.4, 0.5) is 0 Å². The van der Waals surface area contributed by atoms with Crippen molar-refractivity contribution in [1.82, 2.24) is 5.32 Å². The number of hydrogen-bond donors (Lipinski definition) is 1. The van der Waals surface area contributed by atoms with Crippen LogP contribution in [-0.4, -0.2) is 13.2 Å². The van der Waals surface area contributed by atoms with Crippen LogP contribution in [0.5, 0.6) is 5.75 Å². The number of ether oxygens (including phenoxy) is 1. The number of nitrogens with one attached hydrogen (secondary N) is 1. The Morgan fingerprint density at radius 2 is 1.89 bits per heavy atom. The standard InChI is InChI=1S/C17H27NO/c1-13(15-8-5-4-6-9-15)18-14(2)16-10-7-11-17(12-16)19-3/h7,10-15,18H,4-6,8-9H2,1-3H3/t13?,14-/m0/s1. The highest BCUT2D eigenvalue weighted by Crippen LogP contribution is 2.28. The molecule has 2 atom stereocenters. The van der Waals surface area contributed by atoms with E-state index >= 15 is 0 Å². The van der Waals surface area contributed by atoms with Gasteiger partial charge in [-0.3, -0.25) is 0 Å². The molecule has 2 heteroatoms. The molecule has 2 nitrogen and oxygen atoms in total. The molecule has 2 rings (SSSR count). The van der Waals surface area contributed by atoms with E-state index in [2.05, 4.69) is 37.4 Å². The van der Waals surface area contributed by atoms with Gasteiger partial charge in [0.05, 0.1) is 7.11 Å². The lowest BCUT2D eigenvalue weighted by Gasteiger charge is -2.31. The molecule has 106 valence electrons. The second-order valence-electron chi connectivity index (χ2n) is 5.85. The van der Waals surface area contributed by atoms with Gasteiger partial charge in [-0.25, -0.2) is 0 Å². The lowest BCUT2D eigenvalue weighted by molar-refractivity contribution is 0.268. The predicted molar refractivity (Wildman–Crippen MR) is 80.6 cm³/mol. The van der Waals surface area contributed by atoms with Gasteiger partial charge >= 0.3 is 0 Å². The van der Waals surface area contributed by atoms with Crippen LogP contribution < -0.4 is 10.1 Å². The van der Waals surface area contributed by atoms with E-state index < -0.39 is 0 Å². The summed E-state index contributed by atoms with van der Waals surface area (Å²) in [5.41, 5.74) is 1.31. The highest BCUT2D eigenvalue weighted by molar-refractivity contribution is 5.30. The van der Waals surface area contributed by atoms with Gasteiger partial charge in [0, 0.05) is 12.1 Å². The maximum atomic E-state index is 5.30. The van der Waals surface area contributed by atoms with Crippen molar-refractivity contribution in [2.75, 3.05) is 7.11 Å². The van der Waals surface area contributed by atoms with E-state index in [1.165, 1.54) is 37.7 Å². The molecule has 1 aromatic carbocycles. The predicted octanol–water partition coefficient (Wildman–Crippen LogP) is 4.31. The number of benzene rings is 1. The fraction of sp³-hybridized carbons (Fsp3) is 0.647. The topological polar surface area (TPSA) is 21.3 Å². The van der Waals surface area contributed by atoms with E-state index in [-0.39, 0.29) is 0 Å². The van der Waals surface area contributed by atoms with E-state index in [9.17, 15) is 0 Å². The van der Waals surface area contributed by atoms with Crippen LogP contribution in [0.15, 0.2) is 24.3 Å². The normalized spacial score (nSPS) is 19.9. The van der Waals surface area contributed by atoms with Gasteiger partial charge in [-0.15, -0.1) is 0 Å². The molecule has 0 aromatic heterocycles. The Labute approximate surface area is 117 Å². The van der Waals surface area contributed by atoms with Crippen molar-refractivity contribution in [2.45, 2.75) is 58.0 Å². The van der Waals surface area contributed by atoms with E-state index in [1.54, 1.807) is 7.11 Å². The van der Waals surface area contributed by atoms with Crippen LogP contribution >= 0.6 is 0 Å². The molecule has 1 N–H and O–H groups in total. The summed E-state index contributed by atoms with van der Waals surface area (Å²) < 4.78 is 5.30. The Bertz CT molecular complexity index is 385. The summed E-state index contributed by atoms with van der Waals surface area (Å²) in [6.45, 7) is 4.58. The molecular formula is C17H27NO. The minimum absolute atomic E-state index is 0.382. The Kier molecular flexibility index (Phi) is 5.26. The van der Waals surface area contributed by atoms with Crippen LogP contribution in [0.3, 0.4) is 0 Å². The molecular weight excluding hydrogens is 234 g/mol. The summed E-state index contributed by atoms with van der Waals surface area (Å²) in [5.74, 6) is 1.79. The Hall–Kier alpha value is -1.02. The SMILES string of the molecule is COc1cccc([C@H](C)NC(C)C2CCCCC2)c1. The molecule has 0 spiro atoms. The summed E-state index contributed by atoms with van der Waals surface area (Å²) in [6, 6.07) is 9.35. The summed E-state index contributed by atoms with van der Waals surface area (Å²) >= 11 is 0. The summed E-state index contributed by atoms with van der Waals surface area (Å²) in [5, 5.41) is 3.76. The molecule has 0 bridgehead atoms. The van der Waals surface area contributed by atoms with Crippen molar-refractivity contribution < 1.29 is 4.74 Å². The maximum Gasteiger partial charge on any atom is 0.119 e. The molecule has 1 aliphatic carbocycles. The highest BCUT2D eigenvalue weighted by Gasteiger charge is 2.21. The van der Waals surface area contributed by atoms with E-state index in [4.69, 9.17) is 4.74 Å². The quantitative estimate of drug-likeness (QED) is 0.852. The van der Waals surface area contributed by atoms with Gasteiger partial charge < -0.3 is 10.1 Å². The molecule has 0 aliphatic heterocycles. The largest absolute Gasteiger partial charge is 0.497 e. The monoisotopic (exact) mass is 261 g/mol. The summed E-state index contributed by atoms with van der Waals surface area (Å²) in [4.78, 5) is 0. The van der Waals surface area contributed by atoms with Crippen LogP contribution in [0.2, 0.25) is 0 Å². The van der Waals surface area contributed by atoms with Crippen molar-refractivity contribution in [1.29, 1.82) is 0 Å². The lowest BCUT2D eigenvalue weighted by Crippen LogP contribution is -2.36. The Balaban J connectivity index is 1.93. The van der Waals surface area contributed by atoms with E-state index in [0.717, 1.165) is 11.7 Å². The van der Waals surface area contributed by atoms with Gasteiger partial charge in [0.25, 0.3) is 0 Å². The van der Waals surface area contributed by atoms with Gasteiger partial charge in [-0.05, 0) is 50.3 Å². The number of hydrogen-bond acceptors (Lipinski definition) is 2. The zero-order chi connectivity index (χ0) is 13.7. The van der Waals surface area contributed by atoms with Crippen LogP contribution in [-0.2, 0) is 0 Å². The molecule has 1 aromatic rings. The Morgan fingerprint density at radius 3 is 2.58 bits per heavy atom. The van der Waals surface area contributed by atoms with Crippen molar-refractivity contribution in [3.05, 3.63) is 29.8 Å². The second-order valence-corrected chi connectivity index (χ2v) is 5.85. The molecule has 1 unspecified atom stereocenters. The third kappa shape index (κ3) is 3.97. The average molecular weight is 261 g/mol. The van der Waals surface area contributed by atoms with E-state index in [0.29, 0.717) is 12.1 Å². The van der Waals surface area contributed by atoms with Gasteiger partial charge in [0.1, 0.15) is 5.75 Å². The molecule has 0 saturated heterocycles. The first kappa shape index (κ1) is 14.4. The zero-order valence-electron chi connectivity index (χ0n) is 12.5. The summed E-state index contributed by atoms with van der Waals surface area (Å²) in [6.07, 6.45) is 7.01. The molecule has 1 saturated carbocycles. The highest BCUT2D eigenvalue weighted by atomic mass is 16.5. The third-order valence-electron chi connectivity index (χ3n) is 4.46. The fourth-order valence-electron chi connectivity index (χ4n) is 3.17. The first-order valence-corrected chi connectivity index (χ1v) is 7.60. The van der Waals surface area contributed by atoms with Gasteiger partial charge in [-0.2, -0.15) is 0 Å². The third-order valence-corrected chi connectivity index (χ3v) is 4.46. The van der Waals surface area contributed by atoms with Gasteiger partial charge in [0.2, 0.25) is 0 Å². The second kappa shape index (κ2) is 6.95. The first-order valence-electron chi connectivity index (χ1n) is 7.60. The minimum Gasteiger partial charge on any atom is -0.497 e. The van der Waals surface area contributed by atoms with Gasteiger partial charge in [-0.1, -0.05) is 31.4 Å². The number of rotatable bonds is 5. The van der Waals surface area contributed by atoms with E-state index in [1.807, 2.05) is 6.07 Å². The van der Waals surface area contributed by atoms with Crippen LogP contribution in [0, 0.1) is 5.92 Å². The van der Waals surface area contributed by atoms with Crippen molar-refractivity contribution in [3.8, 4) is 5.75 Å². The van der Waals surface area contributed by atoms with Crippen molar-refractivity contribution >= 4 is 0 Å². The smallest absolute Gasteiger partial charge is 0.119 e. The summed E-state index contributed by atoms with van der Waals surface area (Å²) in [7, 11) is 1.72. The molecule has 1 fully saturated rings. The average Bonchev–Trinajstić information content (AvgIpc) is 2.48. The van der Waals surface area contributed by atoms with Crippen molar-refractivity contribution in [2.24, 2.45) is 5.92 Å². The van der Waals surface area contributed by atoms with Crippen molar-refractivity contribution in [3.63, 3.8) is 0 Å².